The summed E-state index contributed by atoms with van der Waals surface area (Å²) >= 11 is 0. The Bertz CT molecular complexity index is 948. The Morgan fingerprint density at radius 1 is 1.00 bits per heavy atom. The van der Waals surface area contributed by atoms with E-state index in [4.69, 9.17) is 0 Å². The van der Waals surface area contributed by atoms with E-state index in [0.29, 0.717) is 12.0 Å². The number of nitrogens with zero attached hydrogens (tertiary/aromatic N) is 1. The van der Waals surface area contributed by atoms with Crippen LogP contribution in [0.5, 0.6) is 0 Å². The lowest BCUT2D eigenvalue weighted by Crippen LogP contribution is -2.27. The van der Waals surface area contributed by atoms with Gasteiger partial charge in [-0.05, 0) is 63.3 Å². The maximum atomic E-state index is 13.5. The van der Waals surface area contributed by atoms with Gasteiger partial charge in [-0.1, -0.05) is 80.1 Å². The molecular weight excluding hydrogens is 409 g/mol. The van der Waals surface area contributed by atoms with E-state index in [0.717, 1.165) is 35.5 Å². The monoisotopic (exact) mass is 447 g/mol. The second kappa shape index (κ2) is 13.6. The quantitative estimate of drug-likeness (QED) is 0.302. The van der Waals surface area contributed by atoms with Crippen molar-refractivity contribution in [3.63, 3.8) is 0 Å². The van der Waals surface area contributed by atoms with Gasteiger partial charge in [-0.2, -0.15) is 0 Å². The molecule has 1 atom stereocenters. The van der Waals surface area contributed by atoms with E-state index in [-0.39, 0.29) is 17.5 Å². The van der Waals surface area contributed by atoms with Crippen LogP contribution in [0.1, 0.15) is 73.9 Å². The summed E-state index contributed by atoms with van der Waals surface area (Å²) in [6.07, 6.45) is 10.4. The third-order valence-electron chi connectivity index (χ3n) is 5.99. The third kappa shape index (κ3) is 7.85. The molecule has 0 spiro atoms. The molecule has 2 aromatic carbocycles. The van der Waals surface area contributed by atoms with Gasteiger partial charge < -0.3 is 4.90 Å². The molecule has 0 aliphatic carbocycles. The Morgan fingerprint density at radius 2 is 1.61 bits per heavy atom. The fourth-order valence-electron chi connectivity index (χ4n) is 3.98. The Kier molecular flexibility index (Phi) is 10.8. The molecule has 3 rings (SSSR count). The number of Topliss-reactive ketones (excluding diaryl/α,β-unsaturated/α-hetero) is 1. The number of piperidine rings is 1. The van der Waals surface area contributed by atoms with Crippen molar-refractivity contribution in [1.29, 1.82) is 0 Å². The van der Waals surface area contributed by atoms with Crippen molar-refractivity contribution in [3.8, 4) is 0 Å². The maximum Gasteiger partial charge on any atom is 0.170 e. The summed E-state index contributed by atoms with van der Waals surface area (Å²) in [5.74, 6) is -0.620. The molecule has 3 heteroatoms. The zero-order chi connectivity index (χ0) is 24.2. The molecule has 0 amide bonds. The molecule has 33 heavy (non-hydrogen) atoms. The van der Waals surface area contributed by atoms with E-state index < -0.39 is 0 Å². The highest BCUT2D eigenvalue weighted by Crippen LogP contribution is 2.29. The second-order valence-electron chi connectivity index (χ2n) is 8.27. The van der Waals surface area contributed by atoms with Crippen molar-refractivity contribution in [2.45, 2.75) is 59.3 Å². The van der Waals surface area contributed by atoms with Crippen molar-refractivity contribution < 1.29 is 9.18 Å². The summed E-state index contributed by atoms with van der Waals surface area (Å²) in [7, 11) is 0. The Labute approximate surface area is 199 Å². The number of allylic oxidation sites excluding steroid dienone is 4. The van der Waals surface area contributed by atoms with Crippen molar-refractivity contribution in [3.05, 3.63) is 107 Å². The highest BCUT2D eigenvalue weighted by molar-refractivity contribution is 6.01. The highest BCUT2D eigenvalue weighted by Gasteiger charge is 2.23. The molecule has 0 N–H and O–H groups in total. The number of carbonyl (C=O) groups is 1. The zero-order valence-electron chi connectivity index (χ0n) is 20.6. The molecule has 0 bridgehead atoms. The molecule has 1 saturated heterocycles. The lowest BCUT2D eigenvalue weighted by Gasteiger charge is -2.29. The van der Waals surface area contributed by atoms with Crippen molar-refractivity contribution in [1.82, 2.24) is 4.90 Å². The lowest BCUT2D eigenvalue weighted by molar-refractivity contribution is 0.0959. The predicted octanol–water partition coefficient (Wildman–Crippen LogP) is 8.02. The van der Waals surface area contributed by atoms with Crippen molar-refractivity contribution in [2.24, 2.45) is 0 Å². The summed E-state index contributed by atoms with van der Waals surface area (Å²) in [5, 5.41) is 0. The van der Waals surface area contributed by atoms with Crippen LogP contribution in [0.25, 0.3) is 0 Å². The first-order valence-electron chi connectivity index (χ1n) is 12.1. The molecule has 0 saturated carbocycles. The van der Waals surface area contributed by atoms with Crippen molar-refractivity contribution in [2.75, 3.05) is 13.1 Å². The summed E-state index contributed by atoms with van der Waals surface area (Å²) < 4.78 is 13.5. The number of rotatable bonds is 8. The van der Waals surface area contributed by atoms with E-state index in [1.807, 2.05) is 58.0 Å². The molecule has 176 valence electrons. The van der Waals surface area contributed by atoms with Crippen LogP contribution in [0.2, 0.25) is 0 Å². The zero-order valence-corrected chi connectivity index (χ0v) is 20.6. The van der Waals surface area contributed by atoms with E-state index in [2.05, 4.69) is 23.6 Å². The molecule has 1 unspecified atom stereocenters. The van der Waals surface area contributed by atoms with Gasteiger partial charge in [0.2, 0.25) is 0 Å². The van der Waals surface area contributed by atoms with Gasteiger partial charge in [-0.25, -0.2) is 4.39 Å². The molecule has 1 aliphatic rings. The van der Waals surface area contributed by atoms with Gasteiger partial charge in [0.1, 0.15) is 5.82 Å². The minimum absolute atomic E-state index is 0.0502. The normalized spacial score (nSPS) is 15.1. The fraction of sp³-hybridized carbons (Fsp3) is 0.367. The lowest BCUT2D eigenvalue weighted by atomic mass is 9.85. The molecule has 2 nitrogen and oxygen atoms in total. The number of aryl methyl sites for hydroxylation is 1. The van der Waals surface area contributed by atoms with Crippen LogP contribution in [0.4, 0.5) is 4.39 Å². The van der Waals surface area contributed by atoms with Gasteiger partial charge in [-0.15, -0.1) is 0 Å². The topological polar surface area (TPSA) is 20.3 Å². The fourth-order valence-corrected chi connectivity index (χ4v) is 3.98. The minimum atomic E-state index is -0.373. The standard InChI is InChI=1S/C28H32FNO.C2H6/c1-4-23(11-10-22(3)30-18-6-5-7-19-30)20-27(24-14-16-26(29)17-15-24)28(31)25-12-8-21(2)9-13-25;1-2/h4,8-17,27H,3,5-7,18-20H2,1-2H3;1-2H3/b11-10-,23-4+;. The first kappa shape index (κ1) is 26.3. The van der Waals surface area contributed by atoms with Gasteiger partial charge >= 0.3 is 0 Å². The van der Waals surface area contributed by atoms with Gasteiger partial charge in [0.25, 0.3) is 0 Å². The largest absolute Gasteiger partial charge is 0.372 e. The molecule has 0 aromatic heterocycles. The first-order valence-corrected chi connectivity index (χ1v) is 12.1. The van der Waals surface area contributed by atoms with E-state index in [1.165, 1.54) is 31.4 Å². The number of likely N-dealkylation sites (tertiary alicyclic amines) is 1. The molecule has 1 heterocycles. The van der Waals surface area contributed by atoms with Gasteiger partial charge in [-0.3, -0.25) is 4.79 Å². The van der Waals surface area contributed by atoms with Gasteiger partial charge in [0, 0.05) is 24.4 Å². The van der Waals surface area contributed by atoms with Crippen LogP contribution in [0.15, 0.2) is 84.6 Å². The number of carbonyl (C=O) groups excluding carboxylic acids is 1. The molecule has 2 aromatic rings. The van der Waals surface area contributed by atoms with Gasteiger partial charge in [0.15, 0.2) is 5.78 Å². The summed E-state index contributed by atoms with van der Waals surface area (Å²) in [6.45, 7) is 14.3. The van der Waals surface area contributed by atoms with E-state index >= 15 is 0 Å². The predicted molar refractivity (Wildman–Crippen MR) is 138 cm³/mol. The minimum Gasteiger partial charge on any atom is -0.372 e. The Hall–Kier alpha value is -2.94. The second-order valence-corrected chi connectivity index (χ2v) is 8.27. The Morgan fingerprint density at radius 3 is 2.18 bits per heavy atom. The summed E-state index contributed by atoms with van der Waals surface area (Å²) in [4.78, 5) is 15.7. The highest BCUT2D eigenvalue weighted by atomic mass is 19.1. The maximum absolute atomic E-state index is 13.5. The number of hydrogen-bond donors (Lipinski definition) is 0. The number of hydrogen-bond acceptors (Lipinski definition) is 2. The summed E-state index contributed by atoms with van der Waals surface area (Å²) in [6, 6.07) is 13.9. The molecule has 1 aliphatic heterocycles. The van der Waals surface area contributed by atoms with E-state index in [9.17, 15) is 9.18 Å². The number of benzene rings is 2. The van der Waals surface area contributed by atoms with Crippen LogP contribution < -0.4 is 0 Å². The molecule has 0 radical (unpaired) electrons. The van der Waals surface area contributed by atoms with Crippen LogP contribution in [-0.2, 0) is 0 Å². The van der Waals surface area contributed by atoms with Crippen LogP contribution in [0, 0.1) is 12.7 Å². The van der Waals surface area contributed by atoms with Crippen LogP contribution >= 0.6 is 0 Å². The van der Waals surface area contributed by atoms with Crippen molar-refractivity contribution >= 4 is 5.78 Å². The van der Waals surface area contributed by atoms with Crippen LogP contribution in [0.3, 0.4) is 0 Å². The smallest absolute Gasteiger partial charge is 0.170 e. The van der Waals surface area contributed by atoms with E-state index in [1.54, 1.807) is 12.1 Å². The van der Waals surface area contributed by atoms with Crippen LogP contribution in [-0.4, -0.2) is 23.8 Å². The average Bonchev–Trinajstić information content (AvgIpc) is 2.86. The number of halogens is 1. The SMILES string of the molecule is C=C(/C=C\C(=C/C)CC(C(=O)c1ccc(C)cc1)c1ccc(F)cc1)N1CCCCC1.CC. The summed E-state index contributed by atoms with van der Waals surface area (Å²) in [5.41, 5.74) is 4.70. The van der Waals surface area contributed by atoms with Gasteiger partial charge in [0.05, 0.1) is 5.92 Å². The molecule has 1 fully saturated rings. The Balaban J connectivity index is 0.00000187. The average molecular weight is 448 g/mol. The first-order chi connectivity index (χ1) is 16.0. The molecular formula is C30H38FNO. The third-order valence-corrected chi connectivity index (χ3v) is 5.99. The number of ketones is 1.